The molecule has 0 fully saturated rings. The van der Waals surface area contributed by atoms with Crippen molar-refractivity contribution in [2.24, 2.45) is 0 Å². The molecule has 1 aromatic heterocycles. The maximum Gasteiger partial charge on any atom is 0.306 e. The van der Waals surface area contributed by atoms with Gasteiger partial charge in [0, 0.05) is 5.69 Å². The van der Waals surface area contributed by atoms with Gasteiger partial charge in [0.2, 0.25) is 0 Å². The van der Waals surface area contributed by atoms with E-state index in [-0.39, 0.29) is 5.97 Å². The molecule has 1 aromatic rings. The van der Waals surface area contributed by atoms with Crippen LogP contribution in [0.15, 0.2) is 6.20 Å². The zero-order valence-electron chi connectivity index (χ0n) is 7.54. The summed E-state index contributed by atoms with van der Waals surface area (Å²) in [5, 5.41) is 6.89. The van der Waals surface area contributed by atoms with Gasteiger partial charge in [0.1, 0.15) is 0 Å². The smallest absolute Gasteiger partial charge is 0.306 e. The van der Waals surface area contributed by atoms with Gasteiger partial charge in [-0.05, 0) is 24.3 Å². The summed E-state index contributed by atoms with van der Waals surface area (Å²) in [6, 6.07) is 0. The molecule has 1 atom stereocenters. The molecule has 70 valence electrons. The highest BCUT2D eigenvalue weighted by atomic mass is 16.5. The third-order valence-electron chi connectivity index (χ3n) is 2.57. The van der Waals surface area contributed by atoms with Gasteiger partial charge in [0.25, 0.3) is 0 Å². The molecule has 0 aromatic carbocycles. The van der Waals surface area contributed by atoms with Crippen molar-refractivity contribution in [2.75, 3.05) is 7.11 Å². The van der Waals surface area contributed by atoms with Gasteiger partial charge in [0.15, 0.2) is 0 Å². The number of esters is 1. The standard InChI is InChI=1S/C9H12N2O2/c1-13-9(12)4-6-2-3-8-7(6)5-10-11-8/h5-6H,2-4H2,1H3,(H,10,11). The van der Waals surface area contributed by atoms with Crippen molar-refractivity contribution in [2.45, 2.75) is 25.2 Å². The van der Waals surface area contributed by atoms with Crippen LogP contribution in [0.2, 0.25) is 0 Å². The molecule has 0 saturated heterocycles. The van der Waals surface area contributed by atoms with Crippen molar-refractivity contribution < 1.29 is 9.53 Å². The fourth-order valence-electron chi connectivity index (χ4n) is 1.84. The van der Waals surface area contributed by atoms with Gasteiger partial charge in [-0.15, -0.1) is 0 Å². The first-order chi connectivity index (χ1) is 6.31. The van der Waals surface area contributed by atoms with Gasteiger partial charge in [-0.25, -0.2) is 0 Å². The second-order valence-corrected chi connectivity index (χ2v) is 3.32. The third kappa shape index (κ3) is 1.43. The molecule has 1 aliphatic rings. The number of carbonyl (C=O) groups excluding carboxylic acids is 1. The minimum atomic E-state index is -0.140. The number of nitrogens with one attached hydrogen (secondary N) is 1. The molecular formula is C9H12N2O2. The molecule has 4 heteroatoms. The molecule has 0 radical (unpaired) electrons. The lowest BCUT2D eigenvalue weighted by atomic mass is 10.0. The van der Waals surface area contributed by atoms with Crippen LogP contribution in [-0.2, 0) is 16.0 Å². The van der Waals surface area contributed by atoms with Crippen LogP contribution in [-0.4, -0.2) is 23.3 Å². The summed E-state index contributed by atoms with van der Waals surface area (Å²) in [5.74, 6) is 0.167. The second-order valence-electron chi connectivity index (χ2n) is 3.32. The van der Waals surface area contributed by atoms with Crippen molar-refractivity contribution in [3.05, 3.63) is 17.5 Å². The number of rotatable bonds is 2. The lowest BCUT2D eigenvalue weighted by Crippen LogP contribution is -2.05. The Morgan fingerprint density at radius 2 is 2.69 bits per heavy atom. The van der Waals surface area contributed by atoms with Crippen LogP contribution in [0.5, 0.6) is 0 Å². The summed E-state index contributed by atoms with van der Waals surface area (Å²) in [6.07, 6.45) is 4.31. The van der Waals surface area contributed by atoms with Crippen LogP contribution >= 0.6 is 0 Å². The molecule has 4 nitrogen and oxygen atoms in total. The Hall–Kier alpha value is -1.32. The summed E-state index contributed by atoms with van der Waals surface area (Å²) < 4.78 is 4.63. The molecule has 0 aliphatic heterocycles. The molecule has 0 amide bonds. The van der Waals surface area contributed by atoms with Gasteiger partial charge >= 0.3 is 5.97 Å². The normalized spacial score (nSPS) is 19.9. The summed E-state index contributed by atoms with van der Waals surface area (Å²) in [7, 11) is 1.42. The summed E-state index contributed by atoms with van der Waals surface area (Å²) in [4.78, 5) is 11.0. The van der Waals surface area contributed by atoms with E-state index in [1.54, 1.807) is 0 Å². The molecule has 1 N–H and O–H groups in total. The Kier molecular flexibility index (Phi) is 2.04. The van der Waals surface area contributed by atoms with E-state index in [1.807, 2.05) is 6.20 Å². The number of aryl methyl sites for hydroxylation is 1. The number of methoxy groups -OCH3 is 1. The molecule has 0 spiro atoms. The fraction of sp³-hybridized carbons (Fsp3) is 0.556. The number of hydrogen-bond acceptors (Lipinski definition) is 3. The molecule has 1 unspecified atom stereocenters. The number of fused-ring (bicyclic) bond motifs is 1. The predicted octanol–water partition coefficient (Wildman–Crippen LogP) is 1.00. The molecule has 1 aliphatic carbocycles. The number of nitrogens with zero attached hydrogens (tertiary/aromatic N) is 1. The monoisotopic (exact) mass is 180 g/mol. The average Bonchev–Trinajstić information content (AvgIpc) is 2.69. The van der Waals surface area contributed by atoms with E-state index in [1.165, 1.54) is 18.4 Å². The highest BCUT2D eigenvalue weighted by Gasteiger charge is 2.26. The van der Waals surface area contributed by atoms with Gasteiger partial charge in [0.05, 0.1) is 19.7 Å². The topological polar surface area (TPSA) is 55.0 Å². The first-order valence-electron chi connectivity index (χ1n) is 4.40. The number of hydrogen-bond donors (Lipinski definition) is 1. The van der Waals surface area contributed by atoms with E-state index >= 15 is 0 Å². The molecule has 1 heterocycles. The summed E-state index contributed by atoms with van der Waals surface area (Å²) in [5.41, 5.74) is 2.36. The quantitative estimate of drug-likeness (QED) is 0.691. The first kappa shape index (κ1) is 8.29. The Balaban J connectivity index is 2.08. The third-order valence-corrected chi connectivity index (χ3v) is 2.57. The lowest BCUT2D eigenvalue weighted by molar-refractivity contribution is -0.141. The van der Waals surface area contributed by atoms with Crippen LogP contribution in [0.1, 0.15) is 30.0 Å². The highest BCUT2D eigenvalue weighted by molar-refractivity contribution is 5.70. The Labute approximate surface area is 76.3 Å². The zero-order chi connectivity index (χ0) is 9.26. The van der Waals surface area contributed by atoms with Crippen LogP contribution in [0.25, 0.3) is 0 Å². The van der Waals surface area contributed by atoms with Gasteiger partial charge < -0.3 is 4.74 Å². The minimum Gasteiger partial charge on any atom is -0.469 e. The maximum atomic E-state index is 11.0. The molecule has 2 rings (SSSR count). The van der Waals surface area contributed by atoms with E-state index < -0.39 is 0 Å². The number of aromatic amines is 1. The van der Waals surface area contributed by atoms with Crippen LogP contribution in [0, 0.1) is 0 Å². The number of H-pyrrole nitrogens is 1. The van der Waals surface area contributed by atoms with Crippen LogP contribution < -0.4 is 0 Å². The van der Waals surface area contributed by atoms with Crippen LogP contribution in [0.3, 0.4) is 0 Å². The molecule has 13 heavy (non-hydrogen) atoms. The minimum absolute atomic E-state index is 0.140. The van der Waals surface area contributed by atoms with Crippen molar-refractivity contribution in [3.63, 3.8) is 0 Å². The maximum absolute atomic E-state index is 11.0. The first-order valence-corrected chi connectivity index (χ1v) is 4.40. The van der Waals surface area contributed by atoms with Gasteiger partial charge in [-0.3, -0.25) is 9.89 Å². The fourth-order valence-corrected chi connectivity index (χ4v) is 1.84. The van der Waals surface area contributed by atoms with Crippen molar-refractivity contribution in [1.29, 1.82) is 0 Å². The summed E-state index contributed by atoms with van der Waals surface area (Å²) in [6.45, 7) is 0. The van der Waals surface area contributed by atoms with Gasteiger partial charge in [-0.2, -0.15) is 5.10 Å². The highest BCUT2D eigenvalue weighted by Crippen LogP contribution is 2.33. The molecular weight excluding hydrogens is 168 g/mol. The van der Waals surface area contributed by atoms with Crippen molar-refractivity contribution >= 4 is 5.97 Å². The van der Waals surface area contributed by atoms with Crippen molar-refractivity contribution in [3.8, 4) is 0 Å². The zero-order valence-corrected chi connectivity index (χ0v) is 7.54. The number of ether oxygens (including phenoxy) is 1. The van der Waals surface area contributed by atoms with E-state index in [0.29, 0.717) is 12.3 Å². The SMILES string of the molecule is COC(=O)CC1CCc2[nH]ncc21. The van der Waals surface area contributed by atoms with Crippen LogP contribution in [0.4, 0.5) is 0 Å². The van der Waals surface area contributed by atoms with E-state index in [0.717, 1.165) is 12.8 Å². The number of aromatic nitrogens is 2. The Morgan fingerprint density at radius 1 is 1.85 bits per heavy atom. The lowest BCUT2D eigenvalue weighted by Gasteiger charge is -2.06. The Bertz CT molecular complexity index is 319. The second kappa shape index (κ2) is 3.20. The Morgan fingerprint density at radius 3 is 3.46 bits per heavy atom. The van der Waals surface area contributed by atoms with Gasteiger partial charge in [-0.1, -0.05) is 0 Å². The van der Waals surface area contributed by atoms with E-state index in [9.17, 15) is 4.79 Å². The summed E-state index contributed by atoms with van der Waals surface area (Å²) >= 11 is 0. The largest absolute Gasteiger partial charge is 0.469 e. The van der Waals surface area contributed by atoms with Crippen molar-refractivity contribution in [1.82, 2.24) is 10.2 Å². The van der Waals surface area contributed by atoms with E-state index in [2.05, 4.69) is 14.9 Å². The average molecular weight is 180 g/mol. The molecule has 0 bridgehead atoms. The van der Waals surface area contributed by atoms with E-state index in [4.69, 9.17) is 0 Å². The predicted molar refractivity (Wildman–Crippen MR) is 46.3 cm³/mol. The molecule has 0 saturated carbocycles. The number of carbonyl (C=O) groups is 1.